The second-order valence-electron chi connectivity index (χ2n) is 20.0. The van der Waals surface area contributed by atoms with Crippen molar-refractivity contribution < 1.29 is 28.0 Å². The maximum Gasteiger partial charge on any atom is 0.296 e. The number of piperidine rings is 1. The molecule has 0 unspecified atom stereocenters. The minimum absolute atomic E-state index is 0.0477. The number of imidazole rings is 1. The number of carbonyl (C=O) groups is 1. The number of nitrogens with zero attached hydrogens (tertiary/aromatic N) is 5. The molecule has 2 saturated carbocycles. The number of fused-ring (bicyclic) bond motifs is 2. The number of sulfonamides is 1. The van der Waals surface area contributed by atoms with Crippen molar-refractivity contribution in [3.8, 4) is 11.5 Å². The van der Waals surface area contributed by atoms with Crippen molar-refractivity contribution in [3.05, 3.63) is 106 Å². The number of amides is 1. The Kier molecular flexibility index (Phi) is 11.7. The fourth-order valence-corrected chi connectivity index (χ4v) is 12.5. The van der Waals surface area contributed by atoms with E-state index in [0.717, 1.165) is 62.5 Å². The molecule has 16 nitrogen and oxygen atoms in total. The quantitative estimate of drug-likeness (QED) is 0.0542. The van der Waals surface area contributed by atoms with Gasteiger partial charge in [-0.15, -0.1) is 0 Å². The second kappa shape index (κ2) is 17.6. The molecule has 5 heterocycles. The zero-order chi connectivity index (χ0) is 46.7. The highest BCUT2D eigenvalue weighted by molar-refractivity contribution is 7.90. The van der Waals surface area contributed by atoms with Gasteiger partial charge in [0.2, 0.25) is 0 Å². The SMILES string of the molecule is CC(C)c1ccccc1[C@@H]1CCCN1C1CC2(CCN(c3ccc(C(=O)NS(=O)(=O)c4cc([N+](=O)[O-])c(NC[C@H]5CC[C@](C)(O)CC5)c5[nH]cnc45)c(Oc4cnc5[nH]ccc5c4)c3)CC2)C1. The smallest absolute Gasteiger partial charge is 0.296 e. The van der Waals surface area contributed by atoms with Crippen molar-refractivity contribution >= 4 is 55.1 Å². The lowest BCUT2D eigenvalue weighted by Gasteiger charge is -2.56. The van der Waals surface area contributed by atoms with E-state index in [0.29, 0.717) is 54.2 Å². The number of aromatic amines is 2. The fourth-order valence-electron chi connectivity index (χ4n) is 11.4. The Morgan fingerprint density at radius 2 is 1.78 bits per heavy atom. The third-order valence-electron chi connectivity index (χ3n) is 15.2. The predicted octanol–water partition coefficient (Wildman–Crippen LogP) is 9.32. The largest absolute Gasteiger partial charge is 0.455 e. The Balaban J connectivity index is 0.871. The van der Waals surface area contributed by atoms with Crippen LogP contribution in [0.3, 0.4) is 0 Å². The molecule has 4 aliphatic rings. The number of aliphatic hydroxyl groups is 1. The first-order valence-electron chi connectivity index (χ1n) is 23.7. The summed E-state index contributed by atoms with van der Waals surface area (Å²) in [5, 5.41) is 26.9. The lowest BCUT2D eigenvalue weighted by Crippen LogP contribution is -2.54. The zero-order valence-corrected chi connectivity index (χ0v) is 39.1. The molecule has 352 valence electrons. The standard InChI is InChI=1S/C50H59N9O7S/c1-31(2)37-7-4-5-8-38(37)40-9-6-20-58(40)35-26-50(27-35)17-21-57(22-18-50)34-10-11-39(42(24-34)66-36-23-33-14-19-51-47(33)53-29-36)48(60)56-67(64,65)43-25-41(59(62)63)44(46-45(43)54-30-55-46)52-28-32-12-15-49(3,61)16-13-32/h4-5,7-8,10-11,14,19,23-25,29-32,35,40,52,61H,6,9,12-13,15-18,20-22,26-28H2,1-3H3,(H,51,53)(H,54,55)(H,56,60)/t32-,40-,49-/m0/s1. The van der Waals surface area contributed by atoms with Gasteiger partial charge in [-0.25, -0.2) is 23.1 Å². The van der Waals surface area contributed by atoms with Crippen molar-refractivity contribution in [2.24, 2.45) is 11.3 Å². The Bertz CT molecular complexity index is 2940. The molecule has 4 fully saturated rings. The number of hydrogen-bond acceptors (Lipinski definition) is 12. The summed E-state index contributed by atoms with van der Waals surface area (Å²) in [6.45, 7) is 9.56. The summed E-state index contributed by atoms with van der Waals surface area (Å²) < 4.78 is 37.0. The molecule has 10 rings (SSSR count). The third-order valence-corrected chi connectivity index (χ3v) is 16.5. The first-order valence-corrected chi connectivity index (χ1v) is 25.2. The van der Waals surface area contributed by atoms with Gasteiger partial charge in [-0.05, 0) is 130 Å². The summed E-state index contributed by atoms with van der Waals surface area (Å²) in [4.78, 5) is 45.3. The van der Waals surface area contributed by atoms with Gasteiger partial charge >= 0.3 is 0 Å². The molecular weight excluding hydrogens is 871 g/mol. The molecule has 67 heavy (non-hydrogen) atoms. The summed E-state index contributed by atoms with van der Waals surface area (Å²) in [5.41, 5.74) is 3.64. The number of rotatable bonds is 13. The van der Waals surface area contributed by atoms with Crippen LogP contribution in [0.4, 0.5) is 17.1 Å². The summed E-state index contributed by atoms with van der Waals surface area (Å²) in [6, 6.07) is 19.8. The van der Waals surface area contributed by atoms with Gasteiger partial charge in [-0.1, -0.05) is 38.1 Å². The molecule has 2 saturated heterocycles. The molecule has 5 N–H and O–H groups in total. The fraction of sp³-hybridized carbons (Fsp3) is 0.460. The van der Waals surface area contributed by atoms with Crippen molar-refractivity contribution in [2.45, 2.75) is 113 Å². The van der Waals surface area contributed by atoms with Crippen LogP contribution >= 0.6 is 0 Å². The number of nitrogens with one attached hydrogen (secondary N) is 4. The molecule has 0 bridgehead atoms. The van der Waals surface area contributed by atoms with Gasteiger partial charge in [-0.3, -0.25) is 19.8 Å². The number of hydrogen-bond donors (Lipinski definition) is 5. The number of nitro benzene ring substituents is 1. The van der Waals surface area contributed by atoms with Crippen LogP contribution in [0.15, 0.2) is 84.3 Å². The van der Waals surface area contributed by atoms with Crippen molar-refractivity contribution in [1.82, 2.24) is 29.6 Å². The zero-order valence-electron chi connectivity index (χ0n) is 38.3. The van der Waals surface area contributed by atoms with E-state index < -0.39 is 37.0 Å². The van der Waals surface area contributed by atoms with E-state index >= 15 is 0 Å². The van der Waals surface area contributed by atoms with Crippen LogP contribution in [-0.4, -0.2) is 87.0 Å². The molecule has 3 aromatic heterocycles. The van der Waals surface area contributed by atoms with E-state index in [4.69, 9.17) is 4.74 Å². The first kappa shape index (κ1) is 44.8. The van der Waals surface area contributed by atoms with Crippen molar-refractivity contribution in [1.29, 1.82) is 0 Å². The molecule has 6 aromatic rings. The Hall–Kier alpha value is -6.04. The maximum atomic E-state index is 14.2. The number of benzene rings is 3. The highest BCUT2D eigenvalue weighted by atomic mass is 32.2. The molecule has 2 aliphatic heterocycles. The Labute approximate surface area is 390 Å². The average molecular weight is 930 g/mol. The van der Waals surface area contributed by atoms with Gasteiger partial charge < -0.3 is 30.0 Å². The number of H-pyrrole nitrogens is 2. The molecule has 3 aromatic carbocycles. The average Bonchev–Trinajstić information content (AvgIpc) is 4.09. The molecule has 17 heteroatoms. The van der Waals surface area contributed by atoms with Gasteiger partial charge in [0.15, 0.2) is 0 Å². The number of carbonyl (C=O) groups excluding carboxylic acids is 1. The molecular formula is C50H59N9O7S. The third kappa shape index (κ3) is 8.84. The van der Waals surface area contributed by atoms with E-state index in [-0.39, 0.29) is 34.0 Å². The van der Waals surface area contributed by atoms with Crippen molar-refractivity contribution in [3.63, 3.8) is 0 Å². The number of ether oxygens (including phenoxy) is 1. The van der Waals surface area contributed by atoms with E-state index in [1.807, 2.05) is 19.1 Å². The molecule has 2 aliphatic carbocycles. The van der Waals surface area contributed by atoms with Gasteiger partial charge in [0.1, 0.15) is 33.2 Å². The second-order valence-corrected chi connectivity index (χ2v) is 21.7. The normalized spacial score (nSPS) is 22.4. The summed E-state index contributed by atoms with van der Waals surface area (Å²) in [5.74, 6) is 0.145. The summed E-state index contributed by atoms with van der Waals surface area (Å²) >= 11 is 0. The number of likely N-dealkylation sites (tertiary alicyclic amines) is 1. The maximum absolute atomic E-state index is 14.2. The van der Waals surface area contributed by atoms with Crippen LogP contribution in [0.25, 0.3) is 22.1 Å². The van der Waals surface area contributed by atoms with Gasteiger partial charge in [0.05, 0.1) is 34.1 Å². The van der Waals surface area contributed by atoms with E-state index in [9.17, 15) is 28.4 Å². The van der Waals surface area contributed by atoms with Crippen LogP contribution in [-0.2, 0) is 10.0 Å². The van der Waals surface area contributed by atoms with E-state index in [2.05, 4.69) is 77.9 Å². The predicted molar refractivity (Wildman–Crippen MR) is 257 cm³/mol. The van der Waals surface area contributed by atoms with E-state index in [1.165, 1.54) is 49.3 Å². The number of anilines is 2. The summed E-state index contributed by atoms with van der Waals surface area (Å²) in [7, 11) is -4.74. The first-order chi connectivity index (χ1) is 32.2. The van der Waals surface area contributed by atoms with Crippen LogP contribution in [0.2, 0.25) is 0 Å². The molecule has 1 spiro atoms. The van der Waals surface area contributed by atoms with Gasteiger partial charge in [0.25, 0.3) is 21.6 Å². The minimum Gasteiger partial charge on any atom is -0.455 e. The number of pyridine rings is 1. The van der Waals surface area contributed by atoms with Crippen LogP contribution in [0, 0.1) is 21.4 Å². The van der Waals surface area contributed by atoms with Gasteiger partial charge in [0, 0.05) is 61.1 Å². The number of nitro groups is 1. The monoisotopic (exact) mass is 929 g/mol. The molecule has 1 atom stereocenters. The number of aromatic nitrogens is 4. The van der Waals surface area contributed by atoms with Crippen LogP contribution in [0.1, 0.15) is 118 Å². The Morgan fingerprint density at radius 3 is 2.54 bits per heavy atom. The topological polar surface area (TPSA) is 212 Å². The molecule has 0 radical (unpaired) electrons. The van der Waals surface area contributed by atoms with Crippen LogP contribution in [0.5, 0.6) is 11.5 Å². The van der Waals surface area contributed by atoms with Gasteiger partial charge in [-0.2, -0.15) is 0 Å². The highest BCUT2D eigenvalue weighted by Gasteiger charge is 2.50. The minimum atomic E-state index is -4.74. The molecule has 1 amide bonds. The lowest BCUT2D eigenvalue weighted by molar-refractivity contribution is -0.384. The van der Waals surface area contributed by atoms with Crippen LogP contribution < -0.4 is 19.7 Å². The van der Waals surface area contributed by atoms with Crippen molar-refractivity contribution in [2.75, 3.05) is 36.4 Å². The Morgan fingerprint density at radius 1 is 1.00 bits per heavy atom. The van der Waals surface area contributed by atoms with E-state index in [1.54, 1.807) is 24.4 Å². The summed E-state index contributed by atoms with van der Waals surface area (Å²) in [6.07, 6.45) is 14.2. The lowest BCUT2D eigenvalue weighted by atomic mass is 9.59. The highest BCUT2D eigenvalue weighted by Crippen LogP contribution is 2.54.